The molecule has 21 heavy (non-hydrogen) atoms. The largest absolute Gasteiger partial charge is 0.314 e. The minimum absolute atomic E-state index is 0.468. The van der Waals surface area contributed by atoms with E-state index in [0.717, 1.165) is 17.9 Å². The van der Waals surface area contributed by atoms with Crippen LogP contribution in [0.3, 0.4) is 0 Å². The molecule has 0 heterocycles. The van der Waals surface area contributed by atoms with Crippen molar-refractivity contribution in [1.82, 2.24) is 10.2 Å². The molecule has 0 aliphatic heterocycles. The Labute approximate surface area is 134 Å². The summed E-state index contributed by atoms with van der Waals surface area (Å²) in [5.74, 6) is 1.72. The average molecular weight is 297 g/mol. The molecule has 0 aromatic heterocycles. The summed E-state index contributed by atoms with van der Waals surface area (Å²) in [5.41, 5.74) is 0.468. The van der Waals surface area contributed by atoms with Crippen molar-refractivity contribution in [3.63, 3.8) is 0 Å². The smallest absolute Gasteiger partial charge is 0.0108 e. The molecule has 0 aromatic rings. The molecule has 1 fully saturated rings. The molecule has 0 saturated heterocycles. The Morgan fingerprint density at radius 1 is 1.10 bits per heavy atom. The van der Waals surface area contributed by atoms with Crippen LogP contribution in [0.15, 0.2) is 0 Å². The molecule has 3 unspecified atom stereocenters. The van der Waals surface area contributed by atoms with Crippen LogP contribution in [0.5, 0.6) is 0 Å². The molecule has 1 aliphatic carbocycles. The second-order valence-corrected chi connectivity index (χ2v) is 8.31. The maximum absolute atomic E-state index is 3.83. The van der Waals surface area contributed by atoms with Gasteiger partial charge in [-0.05, 0) is 69.5 Å². The zero-order valence-electron chi connectivity index (χ0n) is 15.5. The lowest BCUT2D eigenvalue weighted by Crippen LogP contribution is -2.47. The first-order valence-electron chi connectivity index (χ1n) is 9.30. The molecular weight excluding hydrogens is 256 g/mol. The lowest BCUT2D eigenvalue weighted by molar-refractivity contribution is 0.0931. The van der Waals surface area contributed by atoms with Crippen molar-refractivity contribution >= 4 is 0 Å². The van der Waals surface area contributed by atoms with Crippen molar-refractivity contribution in [2.24, 2.45) is 17.3 Å². The van der Waals surface area contributed by atoms with E-state index in [2.05, 4.69) is 51.9 Å². The number of nitrogens with zero attached hydrogens (tertiary/aromatic N) is 1. The van der Waals surface area contributed by atoms with E-state index < -0.39 is 0 Å². The Hall–Kier alpha value is -0.0800. The van der Waals surface area contributed by atoms with Crippen LogP contribution in [0.4, 0.5) is 0 Å². The van der Waals surface area contributed by atoms with Gasteiger partial charge in [0.25, 0.3) is 0 Å². The molecule has 2 nitrogen and oxygen atoms in total. The van der Waals surface area contributed by atoms with Crippen LogP contribution in [0.1, 0.15) is 73.1 Å². The van der Waals surface area contributed by atoms with Gasteiger partial charge >= 0.3 is 0 Å². The Morgan fingerprint density at radius 2 is 1.81 bits per heavy atom. The highest BCUT2D eigenvalue weighted by Gasteiger charge is 2.35. The van der Waals surface area contributed by atoms with Crippen LogP contribution in [0.25, 0.3) is 0 Å². The molecule has 1 rings (SSSR count). The van der Waals surface area contributed by atoms with Crippen LogP contribution in [0, 0.1) is 17.3 Å². The standard InChI is InChI=1S/C19H40N2/c1-7-9-13-21(6)15-16-14-17(19(3,4)5)10-11-18(16)20-12-8-2/h16-18,20H,7-15H2,1-6H3. The molecule has 0 amide bonds. The second-order valence-electron chi connectivity index (χ2n) is 8.31. The van der Waals surface area contributed by atoms with Gasteiger partial charge in [-0.15, -0.1) is 0 Å². The number of rotatable bonds is 8. The van der Waals surface area contributed by atoms with Crippen molar-refractivity contribution in [3.8, 4) is 0 Å². The Kier molecular flexibility index (Phi) is 8.26. The monoisotopic (exact) mass is 296 g/mol. The molecular formula is C19H40N2. The van der Waals surface area contributed by atoms with E-state index in [4.69, 9.17) is 0 Å². The summed E-state index contributed by atoms with van der Waals surface area (Å²) in [5, 5.41) is 3.83. The third-order valence-electron chi connectivity index (χ3n) is 5.30. The maximum atomic E-state index is 3.83. The maximum Gasteiger partial charge on any atom is 0.0108 e. The highest BCUT2D eigenvalue weighted by molar-refractivity contribution is 4.90. The Balaban J connectivity index is 2.59. The van der Waals surface area contributed by atoms with E-state index >= 15 is 0 Å². The number of unbranched alkanes of at least 4 members (excludes halogenated alkanes) is 1. The van der Waals surface area contributed by atoms with Gasteiger partial charge in [-0.25, -0.2) is 0 Å². The molecule has 0 bridgehead atoms. The molecule has 126 valence electrons. The summed E-state index contributed by atoms with van der Waals surface area (Å²) in [4.78, 5) is 2.57. The summed E-state index contributed by atoms with van der Waals surface area (Å²) in [6.45, 7) is 15.5. The van der Waals surface area contributed by atoms with E-state index in [1.807, 2.05) is 0 Å². The Bertz CT molecular complexity index is 269. The van der Waals surface area contributed by atoms with Crippen molar-refractivity contribution in [1.29, 1.82) is 0 Å². The van der Waals surface area contributed by atoms with E-state index in [-0.39, 0.29) is 0 Å². The van der Waals surface area contributed by atoms with Crippen LogP contribution in [0.2, 0.25) is 0 Å². The summed E-state index contributed by atoms with van der Waals surface area (Å²) >= 11 is 0. The van der Waals surface area contributed by atoms with Gasteiger partial charge in [0.05, 0.1) is 0 Å². The summed E-state index contributed by atoms with van der Waals surface area (Å²) < 4.78 is 0. The van der Waals surface area contributed by atoms with Gasteiger partial charge in [0.1, 0.15) is 0 Å². The van der Waals surface area contributed by atoms with Gasteiger partial charge in [-0.1, -0.05) is 41.0 Å². The zero-order valence-corrected chi connectivity index (χ0v) is 15.5. The second kappa shape index (κ2) is 9.15. The molecule has 0 radical (unpaired) electrons. The molecule has 3 atom stereocenters. The third-order valence-corrected chi connectivity index (χ3v) is 5.30. The van der Waals surface area contributed by atoms with Gasteiger partial charge in [0.15, 0.2) is 0 Å². The number of hydrogen-bond donors (Lipinski definition) is 1. The number of nitrogens with one attached hydrogen (secondary N) is 1. The molecule has 1 aliphatic rings. The van der Waals surface area contributed by atoms with E-state index in [9.17, 15) is 0 Å². The van der Waals surface area contributed by atoms with E-state index in [1.54, 1.807) is 0 Å². The third kappa shape index (κ3) is 6.69. The first-order valence-corrected chi connectivity index (χ1v) is 9.30. The molecule has 1 saturated carbocycles. The van der Waals surface area contributed by atoms with Crippen molar-refractivity contribution in [2.75, 3.05) is 26.7 Å². The van der Waals surface area contributed by atoms with Gasteiger partial charge in [0, 0.05) is 12.6 Å². The molecule has 2 heteroatoms. The van der Waals surface area contributed by atoms with Gasteiger partial charge < -0.3 is 10.2 Å². The van der Waals surface area contributed by atoms with Crippen LogP contribution >= 0.6 is 0 Å². The van der Waals surface area contributed by atoms with Crippen molar-refractivity contribution in [3.05, 3.63) is 0 Å². The van der Waals surface area contributed by atoms with Crippen LogP contribution in [-0.4, -0.2) is 37.6 Å². The van der Waals surface area contributed by atoms with Crippen molar-refractivity contribution in [2.45, 2.75) is 79.2 Å². The highest BCUT2D eigenvalue weighted by Crippen LogP contribution is 2.40. The first-order chi connectivity index (χ1) is 9.88. The average Bonchev–Trinajstić information content (AvgIpc) is 2.42. The van der Waals surface area contributed by atoms with Gasteiger partial charge in [-0.3, -0.25) is 0 Å². The minimum Gasteiger partial charge on any atom is -0.314 e. The predicted octanol–water partition coefficient (Wildman–Crippen LogP) is 4.55. The lowest BCUT2D eigenvalue weighted by atomic mass is 9.67. The topological polar surface area (TPSA) is 15.3 Å². The Morgan fingerprint density at radius 3 is 2.38 bits per heavy atom. The highest BCUT2D eigenvalue weighted by atomic mass is 15.1. The predicted molar refractivity (Wildman–Crippen MR) is 94.8 cm³/mol. The van der Waals surface area contributed by atoms with Gasteiger partial charge in [-0.2, -0.15) is 0 Å². The van der Waals surface area contributed by atoms with Crippen molar-refractivity contribution < 1.29 is 0 Å². The SMILES string of the molecule is CCCCN(C)CC1CC(C(C)(C)C)CCC1NCCC. The van der Waals surface area contributed by atoms with Crippen LogP contribution < -0.4 is 5.32 Å². The number of hydrogen-bond acceptors (Lipinski definition) is 2. The molecule has 1 N–H and O–H groups in total. The van der Waals surface area contributed by atoms with E-state index in [0.29, 0.717) is 5.41 Å². The summed E-state index contributed by atoms with van der Waals surface area (Å²) in [6.07, 6.45) is 8.06. The fourth-order valence-corrected chi connectivity index (χ4v) is 3.77. The summed E-state index contributed by atoms with van der Waals surface area (Å²) in [6, 6.07) is 0.743. The molecule has 0 aromatic carbocycles. The lowest BCUT2D eigenvalue weighted by Gasteiger charge is -2.43. The summed E-state index contributed by atoms with van der Waals surface area (Å²) in [7, 11) is 2.31. The normalized spacial score (nSPS) is 27.3. The fourth-order valence-electron chi connectivity index (χ4n) is 3.77. The van der Waals surface area contributed by atoms with E-state index in [1.165, 1.54) is 58.2 Å². The fraction of sp³-hybridized carbons (Fsp3) is 1.00. The van der Waals surface area contributed by atoms with Gasteiger partial charge in [0.2, 0.25) is 0 Å². The first kappa shape index (κ1) is 19.0. The zero-order chi connectivity index (χ0) is 15.9. The van der Waals surface area contributed by atoms with Crippen LogP contribution in [-0.2, 0) is 0 Å². The molecule has 0 spiro atoms. The minimum atomic E-state index is 0.468. The quantitative estimate of drug-likeness (QED) is 0.707.